The highest BCUT2D eigenvalue weighted by Crippen LogP contribution is 2.42. The number of hydrogen-bond acceptors (Lipinski definition) is 4. The van der Waals surface area contributed by atoms with Gasteiger partial charge in [0.1, 0.15) is 11.9 Å². The molecule has 5 heteroatoms. The fraction of sp³-hybridized carbons (Fsp3) is 0.227. The van der Waals surface area contributed by atoms with Crippen LogP contribution in [0.4, 0.5) is 5.69 Å². The van der Waals surface area contributed by atoms with E-state index in [-0.39, 0.29) is 18.1 Å². The average Bonchev–Trinajstić information content (AvgIpc) is 2.71. The van der Waals surface area contributed by atoms with Gasteiger partial charge in [-0.3, -0.25) is 4.79 Å². The molecule has 0 saturated carbocycles. The molecule has 0 aliphatic carbocycles. The Morgan fingerprint density at radius 2 is 1.93 bits per heavy atom. The second-order valence-corrected chi connectivity index (χ2v) is 7.18. The van der Waals surface area contributed by atoms with Gasteiger partial charge in [0, 0.05) is 12.6 Å². The molecule has 0 fully saturated rings. The van der Waals surface area contributed by atoms with Crippen LogP contribution in [0.2, 0.25) is 0 Å². The van der Waals surface area contributed by atoms with Crippen LogP contribution in [0.1, 0.15) is 40.1 Å². The zero-order valence-corrected chi connectivity index (χ0v) is 15.1. The lowest BCUT2D eigenvalue weighted by Gasteiger charge is -2.44. The fourth-order valence-electron chi connectivity index (χ4n) is 4.25. The summed E-state index contributed by atoms with van der Waals surface area (Å²) in [5.41, 5.74) is 10.1. The zero-order chi connectivity index (χ0) is 18.5. The fourth-order valence-corrected chi connectivity index (χ4v) is 4.25. The predicted octanol–water partition coefficient (Wildman–Crippen LogP) is 3.50. The monoisotopic (exact) mass is 359 g/mol. The molecule has 0 aromatic heterocycles. The van der Waals surface area contributed by atoms with Gasteiger partial charge in [-0.1, -0.05) is 30.3 Å². The lowest BCUT2D eigenvalue weighted by atomic mass is 9.90. The summed E-state index contributed by atoms with van der Waals surface area (Å²) in [4.78, 5) is 15.0. The molecular weight excluding hydrogens is 338 g/mol. The minimum Gasteiger partial charge on any atom is -0.497 e. The van der Waals surface area contributed by atoms with E-state index >= 15 is 0 Å². The van der Waals surface area contributed by atoms with E-state index in [9.17, 15) is 4.79 Å². The SMILES string of the molecule is COc1ccc2cc([C@H]3NC(=O)c4cccc5c4N3CC[C@H]5N)ccc2c1. The summed E-state index contributed by atoms with van der Waals surface area (Å²) in [7, 11) is 1.67. The molecule has 0 saturated heterocycles. The highest BCUT2D eigenvalue weighted by Gasteiger charge is 2.37. The predicted molar refractivity (Wildman–Crippen MR) is 106 cm³/mol. The van der Waals surface area contributed by atoms with Crippen molar-refractivity contribution in [3.63, 3.8) is 0 Å². The summed E-state index contributed by atoms with van der Waals surface area (Å²) >= 11 is 0. The number of nitrogens with one attached hydrogen (secondary N) is 1. The molecule has 0 spiro atoms. The number of nitrogens with zero attached hydrogens (tertiary/aromatic N) is 1. The lowest BCUT2D eigenvalue weighted by molar-refractivity contribution is 0.0925. The number of anilines is 1. The third kappa shape index (κ3) is 2.46. The van der Waals surface area contributed by atoms with Crippen molar-refractivity contribution >= 4 is 22.4 Å². The number of fused-ring (bicyclic) bond motifs is 1. The molecule has 2 aliphatic heterocycles. The zero-order valence-electron chi connectivity index (χ0n) is 15.1. The van der Waals surface area contributed by atoms with Gasteiger partial charge in [-0.25, -0.2) is 0 Å². The van der Waals surface area contributed by atoms with Gasteiger partial charge in [-0.05, 0) is 52.6 Å². The second-order valence-electron chi connectivity index (χ2n) is 7.18. The van der Waals surface area contributed by atoms with Crippen LogP contribution in [-0.2, 0) is 0 Å². The summed E-state index contributed by atoms with van der Waals surface area (Å²) in [6, 6.07) is 18.1. The number of para-hydroxylation sites is 1. The Balaban J connectivity index is 1.62. The van der Waals surface area contributed by atoms with Crippen LogP contribution < -0.4 is 20.7 Å². The van der Waals surface area contributed by atoms with Crippen molar-refractivity contribution in [2.75, 3.05) is 18.6 Å². The molecule has 27 heavy (non-hydrogen) atoms. The number of carbonyl (C=O) groups excluding carboxylic acids is 1. The minimum absolute atomic E-state index is 0.0215. The van der Waals surface area contributed by atoms with Gasteiger partial charge in [0.25, 0.3) is 5.91 Å². The number of methoxy groups -OCH3 is 1. The highest BCUT2D eigenvalue weighted by molar-refractivity contribution is 6.03. The molecule has 136 valence electrons. The number of amides is 1. The van der Waals surface area contributed by atoms with Crippen LogP contribution in [0, 0.1) is 0 Å². The smallest absolute Gasteiger partial charge is 0.255 e. The minimum atomic E-state index is -0.190. The normalized spacial score (nSPS) is 21.0. The second kappa shape index (κ2) is 5.99. The summed E-state index contributed by atoms with van der Waals surface area (Å²) < 4.78 is 5.31. The van der Waals surface area contributed by atoms with Crippen LogP contribution in [0.3, 0.4) is 0 Å². The van der Waals surface area contributed by atoms with Crippen molar-refractivity contribution in [3.05, 3.63) is 71.3 Å². The molecule has 3 N–H and O–H groups in total. The first-order valence-corrected chi connectivity index (χ1v) is 9.19. The van der Waals surface area contributed by atoms with E-state index in [1.165, 1.54) is 0 Å². The molecule has 0 bridgehead atoms. The average molecular weight is 359 g/mol. The van der Waals surface area contributed by atoms with E-state index < -0.39 is 0 Å². The molecule has 0 unspecified atom stereocenters. The van der Waals surface area contributed by atoms with E-state index in [0.29, 0.717) is 5.56 Å². The van der Waals surface area contributed by atoms with Crippen LogP contribution in [0.15, 0.2) is 54.6 Å². The van der Waals surface area contributed by atoms with Crippen LogP contribution >= 0.6 is 0 Å². The molecule has 2 heterocycles. The van der Waals surface area contributed by atoms with Crippen molar-refractivity contribution < 1.29 is 9.53 Å². The van der Waals surface area contributed by atoms with Gasteiger partial charge < -0.3 is 20.7 Å². The van der Waals surface area contributed by atoms with Gasteiger partial charge in [0.2, 0.25) is 0 Å². The van der Waals surface area contributed by atoms with Crippen molar-refractivity contribution in [3.8, 4) is 5.75 Å². The number of benzene rings is 3. The highest BCUT2D eigenvalue weighted by atomic mass is 16.5. The Morgan fingerprint density at radius 3 is 2.78 bits per heavy atom. The molecule has 2 aliphatic rings. The molecule has 3 aromatic rings. The number of rotatable bonds is 2. The Kier molecular flexibility index (Phi) is 3.58. The van der Waals surface area contributed by atoms with Gasteiger partial charge in [0.15, 0.2) is 0 Å². The third-order valence-corrected chi connectivity index (χ3v) is 5.65. The van der Waals surface area contributed by atoms with Crippen LogP contribution in [-0.4, -0.2) is 19.6 Å². The van der Waals surface area contributed by atoms with Crippen molar-refractivity contribution in [2.24, 2.45) is 5.73 Å². The van der Waals surface area contributed by atoms with E-state index in [2.05, 4.69) is 28.4 Å². The van der Waals surface area contributed by atoms with Crippen molar-refractivity contribution in [1.82, 2.24) is 5.32 Å². The lowest BCUT2D eigenvalue weighted by Crippen LogP contribution is -2.49. The first-order chi connectivity index (χ1) is 13.2. The van der Waals surface area contributed by atoms with E-state index in [1.807, 2.05) is 36.4 Å². The van der Waals surface area contributed by atoms with Crippen molar-refractivity contribution in [2.45, 2.75) is 18.6 Å². The number of nitrogens with two attached hydrogens (primary N) is 1. The number of carbonyl (C=O) groups is 1. The topological polar surface area (TPSA) is 67.6 Å². The molecule has 1 amide bonds. The van der Waals surface area contributed by atoms with E-state index in [1.54, 1.807) is 7.11 Å². The molecule has 5 nitrogen and oxygen atoms in total. The Labute approximate surface area is 157 Å². The van der Waals surface area contributed by atoms with Gasteiger partial charge in [-0.15, -0.1) is 0 Å². The maximum Gasteiger partial charge on any atom is 0.255 e. The molecule has 0 radical (unpaired) electrons. The van der Waals surface area contributed by atoms with E-state index in [0.717, 1.165) is 46.3 Å². The Bertz CT molecular complexity index is 1060. The molecule has 2 atom stereocenters. The molecule has 3 aromatic carbocycles. The van der Waals surface area contributed by atoms with Crippen LogP contribution in [0.5, 0.6) is 5.75 Å². The molecular formula is C22H21N3O2. The Morgan fingerprint density at radius 1 is 1.11 bits per heavy atom. The summed E-state index contributed by atoms with van der Waals surface area (Å²) in [6.07, 6.45) is 0.679. The van der Waals surface area contributed by atoms with Gasteiger partial charge in [-0.2, -0.15) is 0 Å². The largest absolute Gasteiger partial charge is 0.497 e. The standard InChI is InChI=1S/C22H21N3O2/c1-27-16-8-7-13-11-15(6-5-14(13)12-16)21-24-22(26)18-4-2-3-17-19(23)9-10-25(21)20(17)18/h2-8,11-12,19,21H,9-10,23H2,1H3,(H,24,26)/t19-,21+/m1/s1. The quantitative estimate of drug-likeness (QED) is 0.735. The Hall–Kier alpha value is -3.05. The number of hydrogen-bond donors (Lipinski definition) is 2. The summed E-state index contributed by atoms with van der Waals surface area (Å²) in [5, 5.41) is 5.41. The molecule has 5 rings (SSSR count). The third-order valence-electron chi connectivity index (χ3n) is 5.65. The van der Waals surface area contributed by atoms with E-state index in [4.69, 9.17) is 10.5 Å². The number of ether oxygens (including phenoxy) is 1. The summed E-state index contributed by atoms with van der Waals surface area (Å²) in [5.74, 6) is 0.793. The van der Waals surface area contributed by atoms with Crippen LogP contribution in [0.25, 0.3) is 10.8 Å². The van der Waals surface area contributed by atoms with Gasteiger partial charge in [0.05, 0.1) is 18.4 Å². The van der Waals surface area contributed by atoms with Gasteiger partial charge >= 0.3 is 0 Å². The maximum absolute atomic E-state index is 12.8. The van der Waals surface area contributed by atoms with Crippen molar-refractivity contribution in [1.29, 1.82) is 0 Å². The maximum atomic E-state index is 12.8. The first-order valence-electron chi connectivity index (χ1n) is 9.19. The summed E-state index contributed by atoms with van der Waals surface area (Å²) in [6.45, 7) is 0.816. The first kappa shape index (κ1) is 16.1.